The Kier molecular flexibility index (Phi) is 4.16. The van der Waals surface area contributed by atoms with E-state index in [9.17, 15) is 22.0 Å². The van der Waals surface area contributed by atoms with Gasteiger partial charge in [0.05, 0.1) is 17.0 Å². The number of hydrogen-bond acceptors (Lipinski definition) is 5. The summed E-state index contributed by atoms with van der Waals surface area (Å²) < 4.78 is 53.9. The Morgan fingerprint density at radius 3 is 2.70 bits per heavy atom. The van der Waals surface area contributed by atoms with E-state index in [2.05, 4.69) is 15.0 Å². The van der Waals surface area contributed by atoms with Gasteiger partial charge < -0.3 is 5.32 Å². The lowest BCUT2D eigenvalue weighted by Gasteiger charge is -2.07. The van der Waals surface area contributed by atoms with Crippen LogP contribution in [-0.4, -0.2) is 19.3 Å². The van der Waals surface area contributed by atoms with Crippen molar-refractivity contribution in [2.24, 2.45) is 0 Å². The van der Waals surface area contributed by atoms with Crippen LogP contribution in [0.1, 0.15) is 5.56 Å². The Labute approximate surface area is 156 Å². The van der Waals surface area contributed by atoms with E-state index in [-0.39, 0.29) is 22.4 Å². The van der Waals surface area contributed by atoms with E-state index in [1.165, 1.54) is 29.6 Å². The van der Waals surface area contributed by atoms with Crippen LogP contribution in [0.2, 0.25) is 0 Å². The molecule has 0 spiro atoms. The van der Waals surface area contributed by atoms with Crippen molar-refractivity contribution in [1.82, 2.24) is 4.98 Å². The molecule has 2 N–H and O–H groups in total. The summed E-state index contributed by atoms with van der Waals surface area (Å²) in [6.07, 6.45) is 0.121. The highest BCUT2D eigenvalue weighted by molar-refractivity contribution is 7.93. The van der Waals surface area contributed by atoms with Crippen molar-refractivity contribution < 1.29 is 22.0 Å². The van der Waals surface area contributed by atoms with Gasteiger partial charge in [-0.2, -0.15) is 0 Å². The fourth-order valence-corrected chi connectivity index (χ4v) is 4.68. The number of hydrogen-bond donors (Lipinski definition) is 2. The van der Waals surface area contributed by atoms with Gasteiger partial charge in [0.25, 0.3) is 10.0 Å². The molecule has 0 saturated carbocycles. The van der Waals surface area contributed by atoms with Crippen LogP contribution in [-0.2, 0) is 21.2 Å². The Hall–Kier alpha value is -2.85. The summed E-state index contributed by atoms with van der Waals surface area (Å²) in [6.45, 7) is 0. The number of sulfonamides is 1. The minimum Gasteiger partial charge on any atom is -0.326 e. The molecule has 1 aromatic heterocycles. The second-order valence-corrected chi connectivity index (χ2v) is 8.36. The van der Waals surface area contributed by atoms with Gasteiger partial charge >= 0.3 is 0 Å². The van der Waals surface area contributed by atoms with Crippen molar-refractivity contribution in [3.8, 4) is 11.3 Å². The average molecular weight is 407 g/mol. The van der Waals surface area contributed by atoms with Gasteiger partial charge in [-0.3, -0.25) is 9.52 Å². The molecule has 6 nitrogen and oxygen atoms in total. The molecule has 2 heterocycles. The molecule has 1 aliphatic heterocycles. The smallest absolute Gasteiger partial charge is 0.263 e. The minimum atomic E-state index is -3.91. The number of carbonyl (C=O) groups is 1. The number of fused-ring (bicyclic) bond motifs is 1. The molecule has 138 valence electrons. The molecule has 1 aliphatic rings. The zero-order valence-electron chi connectivity index (χ0n) is 13.5. The molecular weight excluding hydrogens is 396 g/mol. The lowest BCUT2D eigenvalue weighted by molar-refractivity contribution is -0.115. The van der Waals surface area contributed by atoms with E-state index in [0.717, 1.165) is 23.5 Å². The highest BCUT2D eigenvalue weighted by Crippen LogP contribution is 2.29. The molecule has 0 fully saturated rings. The highest BCUT2D eigenvalue weighted by Gasteiger charge is 2.22. The van der Waals surface area contributed by atoms with E-state index in [1.807, 2.05) is 0 Å². The standard InChI is InChI=1S/C17H11F2N3O3S2/c18-12-3-1-9(6-13(12)19)15-8-26-17(21-15)22-27(24,25)11-2-4-14-10(5-11)7-16(23)20-14/h1-6,8H,7H2,(H,20,23)(H,21,22). The Morgan fingerprint density at radius 2 is 1.93 bits per heavy atom. The van der Waals surface area contributed by atoms with Gasteiger partial charge in [0, 0.05) is 16.6 Å². The van der Waals surface area contributed by atoms with E-state index in [4.69, 9.17) is 0 Å². The first-order valence-corrected chi connectivity index (χ1v) is 10.0. The predicted octanol–water partition coefficient (Wildman–Crippen LogP) is 3.38. The topological polar surface area (TPSA) is 88.2 Å². The van der Waals surface area contributed by atoms with Gasteiger partial charge in [-0.15, -0.1) is 11.3 Å². The molecule has 0 atom stereocenters. The van der Waals surface area contributed by atoms with Crippen LogP contribution in [0.15, 0.2) is 46.7 Å². The van der Waals surface area contributed by atoms with Crippen LogP contribution in [0.5, 0.6) is 0 Å². The van der Waals surface area contributed by atoms with E-state index >= 15 is 0 Å². The number of thiazole rings is 1. The third kappa shape index (κ3) is 3.40. The number of carbonyl (C=O) groups excluding carboxylic acids is 1. The maximum atomic E-state index is 13.4. The number of aromatic nitrogens is 1. The molecular formula is C17H11F2N3O3S2. The second kappa shape index (κ2) is 6.39. The Bertz CT molecular complexity index is 1180. The monoisotopic (exact) mass is 407 g/mol. The van der Waals surface area contributed by atoms with Crippen molar-refractivity contribution in [3.63, 3.8) is 0 Å². The molecule has 0 radical (unpaired) electrons. The van der Waals surface area contributed by atoms with Crippen molar-refractivity contribution in [3.05, 3.63) is 59.0 Å². The summed E-state index contributed by atoms with van der Waals surface area (Å²) in [5.74, 6) is -2.17. The molecule has 0 aliphatic carbocycles. The van der Waals surface area contributed by atoms with Crippen LogP contribution in [0, 0.1) is 11.6 Å². The lowest BCUT2D eigenvalue weighted by atomic mass is 10.2. The first-order chi connectivity index (χ1) is 12.8. The van der Waals surface area contributed by atoms with Crippen LogP contribution in [0.25, 0.3) is 11.3 Å². The fourth-order valence-electron chi connectivity index (χ4n) is 2.66. The summed E-state index contributed by atoms with van der Waals surface area (Å²) >= 11 is 1.02. The van der Waals surface area contributed by atoms with Crippen molar-refractivity contribution >= 4 is 38.1 Å². The molecule has 0 unspecified atom stereocenters. The van der Waals surface area contributed by atoms with Crippen LogP contribution >= 0.6 is 11.3 Å². The summed E-state index contributed by atoms with van der Waals surface area (Å²) in [5, 5.41) is 4.26. The van der Waals surface area contributed by atoms with Gasteiger partial charge in [0.1, 0.15) is 0 Å². The average Bonchev–Trinajstić information content (AvgIpc) is 3.21. The largest absolute Gasteiger partial charge is 0.326 e. The fraction of sp³-hybridized carbons (Fsp3) is 0.0588. The quantitative estimate of drug-likeness (QED) is 0.694. The number of benzene rings is 2. The van der Waals surface area contributed by atoms with Crippen molar-refractivity contribution in [2.45, 2.75) is 11.3 Å². The third-order valence-corrected chi connectivity index (χ3v) is 6.18. The van der Waals surface area contributed by atoms with Gasteiger partial charge in [0.2, 0.25) is 5.91 Å². The first-order valence-electron chi connectivity index (χ1n) is 7.68. The molecule has 0 saturated heterocycles. The maximum absolute atomic E-state index is 13.4. The SMILES string of the molecule is O=C1Cc2cc(S(=O)(=O)Nc3nc(-c4ccc(F)c(F)c4)cs3)ccc2N1. The van der Waals surface area contributed by atoms with Gasteiger partial charge in [-0.25, -0.2) is 22.2 Å². The second-order valence-electron chi connectivity index (χ2n) is 5.82. The molecule has 3 aromatic rings. The zero-order valence-corrected chi connectivity index (χ0v) is 15.1. The van der Waals surface area contributed by atoms with Crippen molar-refractivity contribution in [2.75, 3.05) is 10.0 Å². The first kappa shape index (κ1) is 17.6. The Morgan fingerprint density at radius 1 is 1.11 bits per heavy atom. The minimum absolute atomic E-state index is 0.00215. The molecule has 27 heavy (non-hydrogen) atoms. The molecule has 2 aromatic carbocycles. The van der Waals surface area contributed by atoms with Gasteiger partial charge in [-0.1, -0.05) is 0 Å². The highest BCUT2D eigenvalue weighted by atomic mass is 32.2. The van der Waals surface area contributed by atoms with Crippen LogP contribution in [0.4, 0.5) is 19.6 Å². The number of anilines is 2. The number of amides is 1. The number of halogens is 2. The summed E-state index contributed by atoms with van der Waals surface area (Å²) in [7, 11) is -3.91. The Balaban J connectivity index is 1.59. The summed E-state index contributed by atoms with van der Waals surface area (Å²) in [4.78, 5) is 15.5. The molecule has 1 amide bonds. The van der Waals surface area contributed by atoms with Gasteiger partial charge in [0.15, 0.2) is 16.8 Å². The molecule has 4 rings (SSSR count). The number of rotatable bonds is 4. The maximum Gasteiger partial charge on any atom is 0.263 e. The summed E-state index contributed by atoms with van der Waals surface area (Å²) in [5.41, 5.74) is 1.84. The van der Waals surface area contributed by atoms with E-state index < -0.39 is 21.7 Å². The van der Waals surface area contributed by atoms with Crippen molar-refractivity contribution in [1.29, 1.82) is 0 Å². The summed E-state index contributed by atoms with van der Waals surface area (Å²) in [6, 6.07) is 7.68. The lowest BCUT2D eigenvalue weighted by Crippen LogP contribution is -2.13. The number of nitrogens with one attached hydrogen (secondary N) is 2. The zero-order chi connectivity index (χ0) is 19.2. The number of nitrogens with zero attached hydrogens (tertiary/aromatic N) is 1. The van der Waals surface area contributed by atoms with Crippen LogP contribution in [0.3, 0.4) is 0 Å². The van der Waals surface area contributed by atoms with E-state index in [0.29, 0.717) is 22.5 Å². The third-order valence-electron chi connectivity index (χ3n) is 3.95. The predicted molar refractivity (Wildman–Crippen MR) is 97.1 cm³/mol. The van der Waals surface area contributed by atoms with E-state index in [1.54, 1.807) is 0 Å². The normalized spacial score (nSPS) is 13.3. The van der Waals surface area contributed by atoms with Gasteiger partial charge in [-0.05, 0) is 42.0 Å². The van der Waals surface area contributed by atoms with Crippen LogP contribution < -0.4 is 10.0 Å². The molecule has 0 bridgehead atoms. The molecule has 10 heteroatoms.